The molecule has 2 N–H and O–H groups in total. The molecule has 4 nitrogen and oxygen atoms in total. The van der Waals surface area contributed by atoms with Gasteiger partial charge < -0.3 is 10.2 Å². The highest BCUT2D eigenvalue weighted by Gasteiger charge is 2.31. The van der Waals surface area contributed by atoms with Gasteiger partial charge in [-0.05, 0) is 40.0 Å². The van der Waals surface area contributed by atoms with E-state index in [1.807, 2.05) is 6.92 Å². The van der Waals surface area contributed by atoms with E-state index in [9.17, 15) is 9.59 Å². The van der Waals surface area contributed by atoms with Gasteiger partial charge in [0.25, 0.3) is 0 Å². The Labute approximate surface area is 103 Å². The molecular formula is C13H24O4. The Kier molecular flexibility index (Phi) is 5.66. The van der Waals surface area contributed by atoms with Gasteiger partial charge in [-0.15, -0.1) is 0 Å². The fourth-order valence-electron chi connectivity index (χ4n) is 1.62. The fourth-order valence-corrected chi connectivity index (χ4v) is 1.62. The van der Waals surface area contributed by atoms with Gasteiger partial charge in [-0.1, -0.05) is 19.8 Å². The van der Waals surface area contributed by atoms with Gasteiger partial charge in [-0.2, -0.15) is 0 Å². The minimum atomic E-state index is -0.797. The zero-order chi connectivity index (χ0) is 13.7. The molecule has 0 spiro atoms. The van der Waals surface area contributed by atoms with Crippen molar-refractivity contribution in [3.05, 3.63) is 0 Å². The SMILES string of the molecule is CCC(C)(CCCCC(C)(C)C(=O)O)C(=O)O. The summed E-state index contributed by atoms with van der Waals surface area (Å²) in [6.07, 6.45) is 3.30. The molecule has 0 radical (unpaired) electrons. The van der Waals surface area contributed by atoms with E-state index in [-0.39, 0.29) is 0 Å². The van der Waals surface area contributed by atoms with Crippen molar-refractivity contribution in [2.75, 3.05) is 0 Å². The molecule has 0 heterocycles. The first-order chi connectivity index (χ1) is 7.65. The van der Waals surface area contributed by atoms with Gasteiger partial charge in [0.1, 0.15) is 0 Å². The van der Waals surface area contributed by atoms with Crippen LogP contribution in [0, 0.1) is 10.8 Å². The number of unbranched alkanes of at least 4 members (excludes halogenated alkanes) is 1. The Hall–Kier alpha value is -1.06. The normalized spacial score (nSPS) is 15.3. The van der Waals surface area contributed by atoms with Gasteiger partial charge in [0.15, 0.2) is 0 Å². The van der Waals surface area contributed by atoms with Gasteiger partial charge in [0.2, 0.25) is 0 Å². The van der Waals surface area contributed by atoms with Crippen molar-refractivity contribution >= 4 is 11.9 Å². The third-order valence-corrected chi connectivity index (χ3v) is 3.66. The van der Waals surface area contributed by atoms with Crippen LogP contribution in [0.1, 0.15) is 59.8 Å². The van der Waals surface area contributed by atoms with Crippen molar-refractivity contribution in [1.82, 2.24) is 0 Å². The minimum absolute atomic E-state index is 0.585. The van der Waals surface area contributed by atoms with E-state index in [0.717, 1.165) is 12.8 Å². The predicted octanol–water partition coefficient (Wildman–Crippen LogP) is 3.16. The van der Waals surface area contributed by atoms with Crippen LogP contribution in [-0.2, 0) is 9.59 Å². The van der Waals surface area contributed by atoms with Gasteiger partial charge in [-0.25, -0.2) is 0 Å². The maximum absolute atomic E-state index is 11.1. The van der Waals surface area contributed by atoms with Gasteiger partial charge in [0.05, 0.1) is 10.8 Å². The molecule has 0 aliphatic carbocycles. The topological polar surface area (TPSA) is 74.6 Å². The Balaban J connectivity index is 4.09. The first kappa shape index (κ1) is 15.9. The van der Waals surface area contributed by atoms with Crippen LogP contribution in [0.25, 0.3) is 0 Å². The highest BCUT2D eigenvalue weighted by atomic mass is 16.4. The van der Waals surface area contributed by atoms with Crippen LogP contribution in [0.4, 0.5) is 0 Å². The predicted molar refractivity (Wildman–Crippen MR) is 65.9 cm³/mol. The lowest BCUT2D eigenvalue weighted by Crippen LogP contribution is -2.27. The first-order valence-corrected chi connectivity index (χ1v) is 6.12. The van der Waals surface area contributed by atoms with Crippen molar-refractivity contribution in [3.8, 4) is 0 Å². The van der Waals surface area contributed by atoms with Crippen LogP contribution in [0.15, 0.2) is 0 Å². The van der Waals surface area contributed by atoms with Crippen LogP contribution < -0.4 is 0 Å². The monoisotopic (exact) mass is 244 g/mol. The van der Waals surface area contributed by atoms with Crippen molar-refractivity contribution in [2.24, 2.45) is 10.8 Å². The largest absolute Gasteiger partial charge is 0.481 e. The number of rotatable bonds is 8. The molecule has 17 heavy (non-hydrogen) atoms. The maximum Gasteiger partial charge on any atom is 0.309 e. The van der Waals surface area contributed by atoms with E-state index in [4.69, 9.17) is 10.2 Å². The Morgan fingerprint density at radius 1 is 0.941 bits per heavy atom. The number of carbonyl (C=O) groups is 2. The number of hydrogen-bond donors (Lipinski definition) is 2. The average molecular weight is 244 g/mol. The molecule has 1 unspecified atom stereocenters. The minimum Gasteiger partial charge on any atom is -0.481 e. The molecule has 0 amide bonds. The lowest BCUT2D eigenvalue weighted by atomic mass is 9.80. The summed E-state index contributed by atoms with van der Waals surface area (Å²) in [7, 11) is 0. The molecule has 0 aromatic rings. The molecule has 0 aromatic carbocycles. The van der Waals surface area contributed by atoms with Gasteiger partial charge in [0, 0.05) is 0 Å². The highest BCUT2D eigenvalue weighted by Crippen LogP contribution is 2.30. The third-order valence-electron chi connectivity index (χ3n) is 3.66. The number of carboxylic acid groups (broad SMARTS) is 2. The quantitative estimate of drug-likeness (QED) is 0.643. The number of carboxylic acids is 2. The van der Waals surface area contributed by atoms with Crippen LogP contribution in [-0.4, -0.2) is 22.2 Å². The average Bonchev–Trinajstić information content (AvgIpc) is 2.23. The molecule has 4 heteroatoms. The molecule has 0 aliphatic heterocycles. The number of aliphatic carboxylic acids is 2. The summed E-state index contributed by atoms with van der Waals surface area (Å²) in [5, 5.41) is 18.0. The van der Waals surface area contributed by atoms with Gasteiger partial charge in [-0.3, -0.25) is 9.59 Å². The molecule has 0 saturated carbocycles. The zero-order valence-electron chi connectivity index (χ0n) is 11.2. The summed E-state index contributed by atoms with van der Waals surface area (Å²) >= 11 is 0. The summed E-state index contributed by atoms with van der Waals surface area (Å²) in [6.45, 7) is 7.02. The van der Waals surface area contributed by atoms with Crippen LogP contribution in [0.5, 0.6) is 0 Å². The summed E-state index contributed by atoms with van der Waals surface area (Å²) in [5.74, 6) is -1.56. The molecule has 0 fully saturated rings. The van der Waals surface area contributed by atoms with E-state index in [1.165, 1.54) is 0 Å². The molecule has 0 aliphatic rings. The second-order valence-electron chi connectivity index (χ2n) is 5.62. The van der Waals surface area contributed by atoms with Crippen molar-refractivity contribution in [2.45, 2.75) is 59.8 Å². The first-order valence-electron chi connectivity index (χ1n) is 6.12. The zero-order valence-corrected chi connectivity index (χ0v) is 11.2. The smallest absolute Gasteiger partial charge is 0.309 e. The van der Waals surface area contributed by atoms with Crippen molar-refractivity contribution in [3.63, 3.8) is 0 Å². The number of hydrogen-bond acceptors (Lipinski definition) is 2. The Bertz CT molecular complexity index is 283. The third kappa shape index (κ3) is 4.75. The molecule has 0 aromatic heterocycles. The summed E-state index contributed by atoms with van der Waals surface area (Å²) in [5.41, 5.74) is -1.39. The molecule has 100 valence electrons. The summed E-state index contributed by atoms with van der Waals surface area (Å²) in [6, 6.07) is 0. The van der Waals surface area contributed by atoms with Crippen LogP contribution >= 0.6 is 0 Å². The van der Waals surface area contributed by atoms with Gasteiger partial charge >= 0.3 is 11.9 Å². The van der Waals surface area contributed by atoms with E-state index in [1.54, 1.807) is 20.8 Å². The lowest BCUT2D eigenvalue weighted by molar-refractivity contribution is -0.149. The van der Waals surface area contributed by atoms with E-state index < -0.39 is 22.8 Å². The van der Waals surface area contributed by atoms with Crippen molar-refractivity contribution < 1.29 is 19.8 Å². The van der Waals surface area contributed by atoms with E-state index in [0.29, 0.717) is 19.3 Å². The maximum atomic E-state index is 11.1. The second-order valence-corrected chi connectivity index (χ2v) is 5.62. The highest BCUT2D eigenvalue weighted by molar-refractivity contribution is 5.74. The second kappa shape index (κ2) is 6.03. The van der Waals surface area contributed by atoms with E-state index >= 15 is 0 Å². The molecule has 0 rings (SSSR count). The summed E-state index contributed by atoms with van der Waals surface area (Å²) < 4.78 is 0. The van der Waals surface area contributed by atoms with Crippen molar-refractivity contribution in [1.29, 1.82) is 0 Å². The summed E-state index contributed by atoms with van der Waals surface area (Å²) in [4.78, 5) is 21.9. The molecule has 0 saturated heterocycles. The van der Waals surface area contributed by atoms with E-state index in [2.05, 4.69) is 0 Å². The fraction of sp³-hybridized carbons (Fsp3) is 0.846. The Morgan fingerprint density at radius 2 is 1.41 bits per heavy atom. The molecule has 0 bridgehead atoms. The molecular weight excluding hydrogens is 220 g/mol. The van der Waals surface area contributed by atoms with Crippen LogP contribution in [0.2, 0.25) is 0 Å². The standard InChI is InChI=1S/C13H24O4/c1-5-13(4,11(16)17)9-7-6-8-12(2,3)10(14)15/h5-9H2,1-4H3,(H,14,15)(H,16,17). The lowest BCUT2D eigenvalue weighted by Gasteiger charge is -2.24. The molecule has 1 atom stereocenters. The Morgan fingerprint density at radius 3 is 1.76 bits per heavy atom. The van der Waals surface area contributed by atoms with Crippen LogP contribution in [0.3, 0.4) is 0 Å².